The number of nitrogens with zero attached hydrogens (tertiary/aromatic N) is 2. The van der Waals surface area contributed by atoms with Crippen LogP contribution in [0.1, 0.15) is 63.8 Å². The molecule has 13 aromatic rings. The molecule has 3 aromatic heterocycles. The van der Waals surface area contributed by atoms with Gasteiger partial charge in [0.2, 0.25) is 0 Å². The van der Waals surface area contributed by atoms with Crippen LogP contribution in [0.5, 0.6) is 0 Å². The van der Waals surface area contributed by atoms with E-state index < -0.39 is 0 Å². The van der Waals surface area contributed by atoms with E-state index in [0.29, 0.717) is 5.58 Å². The van der Waals surface area contributed by atoms with Gasteiger partial charge < -0.3 is 23.1 Å². The normalized spacial score (nSPS) is 12.3. The van der Waals surface area contributed by atoms with Crippen molar-refractivity contribution in [2.75, 3.05) is 9.80 Å². The predicted octanol–water partition coefficient (Wildman–Crippen LogP) is 20.9. The molecule has 0 radical (unpaired) electrons. The number of para-hydroxylation sites is 2. The smallest absolute Gasteiger partial charge is 0.160 e. The Hall–Kier alpha value is -8.80. The minimum Gasteiger partial charge on any atom is -0.456 e. The summed E-state index contributed by atoms with van der Waals surface area (Å²) in [6, 6.07) is 74.3. The Bertz CT molecular complexity index is 4280. The quantitative estimate of drug-likeness (QED) is 0.152. The first kappa shape index (κ1) is 46.0. The molecule has 0 atom stereocenters. The number of benzene rings is 10. The molecule has 0 aliphatic rings. The fourth-order valence-electron chi connectivity index (χ4n) is 11.0. The highest BCUT2D eigenvalue weighted by Crippen LogP contribution is 2.53. The first-order valence-corrected chi connectivity index (χ1v) is 26.1. The lowest BCUT2D eigenvalue weighted by Gasteiger charge is -2.28. The molecule has 0 saturated heterocycles. The summed E-state index contributed by atoms with van der Waals surface area (Å²) in [6.07, 6.45) is 0. The average molecular weight is 975 g/mol. The van der Waals surface area contributed by atoms with Crippen LogP contribution in [-0.4, -0.2) is 0 Å². The lowest BCUT2D eigenvalue weighted by atomic mass is 9.87. The maximum Gasteiger partial charge on any atom is 0.160 e. The molecule has 0 N–H and O–H groups in total. The zero-order valence-corrected chi connectivity index (χ0v) is 43.7. The van der Waals surface area contributed by atoms with Gasteiger partial charge in [0.05, 0.1) is 22.1 Å². The van der Waals surface area contributed by atoms with Crippen LogP contribution < -0.4 is 9.80 Å². The Balaban J connectivity index is 1.08. The highest BCUT2D eigenvalue weighted by atomic mass is 16.3. The van der Waals surface area contributed by atoms with Gasteiger partial charge in [-0.1, -0.05) is 186 Å². The first-order valence-electron chi connectivity index (χ1n) is 26.1. The van der Waals surface area contributed by atoms with Crippen LogP contribution in [-0.2, 0) is 10.8 Å². The van der Waals surface area contributed by atoms with Crippen LogP contribution in [0.25, 0.3) is 88.1 Å². The highest BCUT2D eigenvalue weighted by molar-refractivity contribution is 6.35. The van der Waals surface area contributed by atoms with Crippen LogP contribution in [0.2, 0.25) is 0 Å². The van der Waals surface area contributed by atoms with Crippen molar-refractivity contribution in [2.24, 2.45) is 0 Å². The SMILES string of the molecule is Cc1ccc(-c2ccc(N(c3ccc(C(C)(C)C)cc3)c3cc4oc5cc(N(c6ccc(-c7ccc(C)cc7)cc6)c6ccc(C(C)(C)C)cc6)c6c7ccccc7oc6c5c4c4c3oc3ccccc34)cc2)cc1. The Labute approximate surface area is 437 Å². The zero-order valence-electron chi connectivity index (χ0n) is 43.7. The minimum atomic E-state index is -0.0184. The van der Waals surface area contributed by atoms with Crippen molar-refractivity contribution in [1.82, 2.24) is 0 Å². The van der Waals surface area contributed by atoms with Crippen molar-refractivity contribution in [1.29, 1.82) is 0 Å². The van der Waals surface area contributed by atoms with Crippen molar-refractivity contribution in [3.05, 3.63) is 229 Å². The Morgan fingerprint density at radius 1 is 0.307 bits per heavy atom. The van der Waals surface area contributed by atoms with Crippen LogP contribution in [0.3, 0.4) is 0 Å². The summed E-state index contributed by atoms with van der Waals surface area (Å²) in [6.45, 7) is 17.8. The molecule has 0 aliphatic carbocycles. The molecule has 0 saturated carbocycles. The molecule has 0 aliphatic heterocycles. The summed E-state index contributed by atoms with van der Waals surface area (Å²) in [4.78, 5) is 4.67. The van der Waals surface area contributed by atoms with E-state index in [1.165, 1.54) is 33.4 Å². The van der Waals surface area contributed by atoms with Gasteiger partial charge in [-0.2, -0.15) is 0 Å². The van der Waals surface area contributed by atoms with Gasteiger partial charge in [0, 0.05) is 56.4 Å². The maximum absolute atomic E-state index is 7.35. The molecule has 0 bridgehead atoms. The standard InChI is InChI=1S/C70H58N2O3/c1-43-17-21-45(22-18-43)47-25-33-51(34-26-47)71(53-37-29-49(30-38-53)69(3,4)5)57-41-62-66(68-63(57)55-13-9-11-15-59(55)75-68)65-61(73-62)42-58(67-64(65)56-14-10-12-16-60(56)74-67)72(54-39-31-50(32-40-54)70(6,7)8)52-35-27-48(28-36-52)46-23-19-44(2)20-24-46/h9-42H,1-8H3. The highest BCUT2D eigenvalue weighted by Gasteiger charge is 2.30. The molecule has 0 spiro atoms. The van der Waals surface area contributed by atoms with Crippen LogP contribution in [0.4, 0.5) is 34.1 Å². The van der Waals surface area contributed by atoms with Gasteiger partial charge in [0.1, 0.15) is 27.9 Å². The summed E-state index contributed by atoms with van der Waals surface area (Å²) >= 11 is 0. The molecule has 366 valence electrons. The summed E-state index contributed by atoms with van der Waals surface area (Å²) in [5.41, 5.74) is 20.1. The molecular weight excluding hydrogens is 917 g/mol. The molecule has 75 heavy (non-hydrogen) atoms. The topological polar surface area (TPSA) is 45.9 Å². The fourth-order valence-corrected chi connectivity index (χ4v) is 11.0. The molecule has 0 unspecified atom stereocenters. The molecule has 5 heteroatoms. The average Bonchev–Trinajstić information content (AvgIpc) is 4.12. The molecule has 3 heterocycles. The second-order valence-electron chi connectivity index (χ2n) is 22.3. The van der Waals surface area contributed by atoms with Gasteiger partial charge >= 0.3 is 0 Å². The number of hydrogen-bond donors (Lipinski definition) is 0. The molecular formula is C70H58N2O3. The van der Waals surface area contributed by atoms with E-state index in [4.69, 9.17) is 13.3 Å². The Kier molecular flexibility index (Phi) is 10.7. The summed E-state index contributed by atoms with van der Waals surface area (Å²) in [5, 5.41) is 5.86. The van der Waals surface area contributed by atoms with Crippen molar-refractivity contribution < 1.29 is 13.3 Å². The summed E-state index contributed by atoms with van der Waals surface area (Å²) in [5.74, 6) is 0. The van der Waals surface area contributed by atoms with Crippen molar-refractivity contribution in [3.8, 4) is 22.3 Å². The summed E-state index contributed by atoms with van der Waals surface area (Å²) < 4.78 is 21.6. The minimum absolute atomic E-state index is 0.0158. The van der Waals surface area contributed by atoms with E-state index in [0.717, 1.165) is 105 Å². The molecule has 10 aromatic carbocycles. The van der Waals surface area contributed by atoms with E-state index in [1.54, 1.807) is 0 Å². The Morgan fingerprint density at radius 3 is 1.12 bits per heavy atom. The van der Waals surface area contributed by atoms with Gasteiger partial charge in [-0.15, -0.1) is 0 Å². The molecule has 13 rings (SSSR count). The molecule has 5 nitrogen and oxygen atoms in total. The maximum atomic E-state index is 7.35. The number of rotatable bonds is 8. The summed E-state index contributed by atoms with van der Waals surface area (Å²) in [7, 11) is 0. The number of aryl methyl sites for hydroxylation is 2. The van der Waals surface area contributed by atoms with E-state index in [1.807, 2.05) is 12.1 Å². The van der Waals surface area contributed by atoms with Gasteiger partial charge in [0.25, 0.3) is 0 Å². The predicted molar refractivity (Wildman–Crippen MR) is 315 cm³/mol. The zero-order chi connectivity index (χ0) is 51.3. The molecule has 0 amide bonds. The van der Waals surface area contributed by atoms with Gasteiger partial charge in [-0.3, -0.25) is 0 Å². The van der Waals surface area contributed by atoms with Crippen molar-refractivity contribution in [3.63, 3.8) is 0 Å². The Morgan fingerprint density at radius 2 is 0.667 bits per heavy atom. The van der Waals surface area contributed by atoms with Crippen molar-refractivity contribution in [2.45, 2.75) is 66.2 Å². The lowest BCUT2D eigenvalue weighted by Crippen LogP contribution is -2.13. The van der Waals surface area contributed by atoms with Gasteiger partial charge in [-0.05, 0) is 119 Å². The van der Waals surface area contributed by atoms with Crippen LogP contribution in [0, 0.1) is 13.8 Å². The van der Waals surface area contributed by atoms with E-state index in [2.05, 4.69) is 259 Å². The van der Waals surface area contributed by atoms with Gasteiger partial charge in [0.15, 0.2) is 5.58 Å². The largest absolute Gasteiger partial charge is 0.456 e. The number of anilines is 6. The number of fused-ring (bicyclic) bond motifs is 11. The van der Waals surface area contributed by atoms with E-state index in [-0.39, 0.29) is 10.8 Å². The van der Waals surface area contributed by atoms with E-state index >= 15 is 0 Å². The van der Waals surface area contributed by atoms with Crippen molar-refractivity contribution >= 4 is 99.9 Å². The number of furan rings is 3. The van der Waals surface area contributed by atoms with Crippen LogP contribution >= 0.6 is 0 Å². The second-order valence-corrected chi connectivity index (χ2v) is 22.3. The second kappa shape index (κ2) is 17.4. The third-order valence-electron chi connectivity index (χ3n) is 15.1. The first-order chi connectivity index (χ1) is 36.2. The lowest BCUT2D eigenvalue weighted by molar-refractivity contribution is 0.590. The monoisotopic (exact) mass is 974 g/mol. The fraction of sp³-hybridized carbons (Fsp3) is 0.143. The van der Waals surface area contributed by atoms with Crippen LogP contribution in [0.15, 0.2) is 220 Å². The third-order valence-corrected chi connectivity index (χ3v) is 15.1. The molecule has 0 fully saturated rings. The van der Waals surface area contributed by atoms with E-state index in [9.17, 15) is 0 Å². The number of hydrogen-bond acceptors (Lipinski definition) is 5. The van der Waals surface area contributed by atoms with Gasteiger partial charge in [-0.25, -0.2) is 0 Å². The third kappa shape index (κ3) is 7.93.